The zero-order valence-electron chi connectivity index (χ0n) is 16.8. The van der Waals surface area contributed by atoms with Crippen LogP contribution in [0.25, 0.3) is 0 Å². The van der Waals surface area contributed by atoms with Gasteiger partial charge in [0.25, 0.3) is 0 Å². The summed E-state index contributed by atoms with van der Waals surface area (Å²) in [5, 5.41) is 5.50. The third kappa shape index (κ3) is 4.34. The fraction of sp³-hybridized carbons (Fsp3) is 0.550. The molecule has 0 spiro atoms. The molecule has 0 radical (unpaired) electrons. The summed E-state index contributed by atoms with van der Waals surface area (Å²) in [4.78, 5) is 39.9. The van der Waals surface area contributed by atoms with E-state index in [1.54, 1.807) is 23.1 Å². The van der Waals surface area contributed by atoms with E-state index in [1.807, 2.05) is 13.8 Å². The van der Waals surface area contributed by atoms with Gasteiger partial charge >= 0.3 is 6.09 Å². The smallest absolute Gasteiger partial charge is 0.407 e. The van der Waals surface area contributed by atoms with E-state index in [0.29, 0.717) is 11.4 Å². The monoisotopic (exact) mass is 466 g/mol. The molecule has 2 aliphatic rings. The van der Waals surface area contributed by atoms with E-state index < -0.39 is 18.2 Å². The number of nitrogen functional groups attached to an aromatic ring is 1. The summed E-state index contributed by atoms with van der Waals surface area (Å²) in [5.41, 5.74) is 6.97. The first kappa shape index (κ1) is 21.4. The Morgan fingerprint density at radius 2 is 2.00 bits per heavy atom. The van der Waals surface area contributed by atoms with Crippen molar-refractivity contribution in [3.05, 3.63) is 22.7 Å². The van der Waals surface area contributed by atoms with Crippen molar-refractivity contribution in [3.63, 3.8) is 0 Å². The lowest BCUT2D eigenvalue weighted by molar-refractivity contribution is -0.143. The lowest BCUT2D eigenvalue weighted by atomic mass is 9.95. The summed E-state index contributed by atoms with van der Waals surface area (Å²) < 4.78 is 5.48. The highest BCUT2D eigenvalue weighted by atomic mass is 79.9. The van der Waals surface area contributed by atoms with Crippen LogP contribution in [0.5, 0.6) is 0 Å². The molecular weight excluding hydrogens is 440 g/mol. The Balaban J connectivity index is 1.82. The second-order valence-corrected chi connectivity index (χ2v) is 8.91. The Hall–Kier alpha value is -2.29. The molecule has 3 rings (SSSR count). The number of nitrogens with one attached hydrogen (secondary N) is 2. The quantitative estimate of drug-likeness (QED) is 0.577. The van der Waals surface area contributed by atoms with Crippen molar-refractivity contribution >= 4 is 45.2 Å². The van der Waals surface area contributed by atoms with Gasteiger partial charge in [0.15, 0.2) is 0 Å². The third-order valence-electron chi connectivity index (χ3n) is 5.77. The standard InChI is InChI=1S/C20H27BrN4O4/c1-10(2)16(24-20(28)29-3)19(27)25-13-6-4-11(8-13)17(25)18(26)23-15-7-5-12(21)9-14(15)22/h5,7,9-11,13,16-17H,4,6,8,22H2,1-3H3,(H,23,26)(H,24,28)/t11?,13?,16-,17-/m0/s1. The zero-order valence-corrected chi connectivity index (χ0v) is 18.4. The molecule has 1 aromatic carbocycles. The SMILES string of the molecule is COC(=O)N[C@H](C(=O)N1C2CCC(C2)[C@H]1C(=O)Nc1ccc(Br)cc1N)C(C)C. The molecule has 1 saturated carbocycles. The molecule has 1 heterocycles. The Morgan fingerprint density at radius 1 is 1.28 bits per heavy atom. The molecule has 4 atom stereocenters. The fourth-order valence-electron chi connectivity index (χ4n) is 4.36. The number of fused-ring (bicyclic) bond motifs is 2. The topological polar surface area (TPSA) is 114 Å². The van der Waals surface area contributed by atoms with Crippen LogP contribution in [-0.2, 0) is 14.3 Å². The Bertz CT molecular complexity index is 816. The maximum Gasteiger partial charge on any atom is 0.407 e. The van der Waals surface area contributed by atoms with E-state index in [0.717, 1.165) is 23.7 Å². The van der Waals surface area contributed by atoms with Crippen molar-refractivity contribution in [3.8, 4) is 0 Å². The van der Waals surface area contributed by atoms with Gasteiger partial charge in [0.05, 0.1) is 18.5 Å². The zero-order chi connectivity index (χ0) is 21.3. The van der Waals surface area contributed by atoms with Crippen LogP contribution in [0.15, 0.2) is 22.7 Å². The van der Waals surface area contributed by atoms with Gasteiger partial charge in [-0.3, -0.25) is 9.59 Å². The van der Waals surface area contributed by atoms with E-state index in [2.05, 4.69) is 31.3 Å². The van der Waals surface area contributed by atoms with Gasteiger partial charge in [-0.25, -0.2) is 4.79 Å². The molecule has 1 saturated heterocycles. The average Bonchev–Trinajstić information content (AvgIpc) is 3.28. The van der Waals surface area contributed by atoms with Crippen LogP contribution in [0.2, 0.25) is 0 Å². The van der Waals surface area contributed by atoms with E-state index in [-0.39, 0.29) is 29.7 Å². The summed E-state index contributed by atoms with van der Waals surface area (Å²) in [5.74, 6) is -0.542. The minimum Gasteiger partial charge on any atom is -0.453 e. The maximum atomic E-state index is 13.4. The van der Waals surface area contributed by atoms with Gasteiger partial charge in [-0.2, -0.15) is 0 Å². The van der Waals surface area contributed by atoms with Crippen LogP contribution in [0.1, 0.15) is 33.1 Å². The number of hydrogen-bond acceptors (Lipinski definition) is 5. The highest BCUT2D eigenvalue weighted by molar-refractivity contribution is 9.10. The van der Waals surface area contributed by atoms with Crippen molar-refractivity contribution < 1.29 is 19.1 Å². The second-order valence-electron chi connectivity index (χ2n) is 8.00. The van der Waals surface area contributed by atoms with Crippen LogP contribution in [0, 0.1) is 11.8 Å². The van der Waals surface area contributed by atoms with Gasteiger partial charge in [0, 0.05) is 10.5 Å². The number of anilines is 2. The first-order valence-electron chi connectivity index (χ1n) is 9.75. The van der Waals surface area contributed by atoms with Gasteiger partial charge in [-0.05, 0) is 49.3 Å². The molecule has 2 bridgehead atoms. The number of alkyl carbamates (subject to hydrolysis) is 1. The number of carbonyl (C=O) groups excluding carboxylic acids is 3. The number of methoxy groups -OCH3 is 1. The fourth-order valence-corrected chi connectivity index (χ4v) is 4.74. The molecular formula is C20H27BrN4O4. The predicted molar refractivity (Wildman–Crippen MR) is 113 cm³/mol. The second kappa shape index (κ2) is 8.61. The minimum atomic E-state index is -0.755. The number of likely N-dealkylation sites (tertiary alicyclic amines) is 1. The summed E-state index contributed by atoms with van der Waals surface area (Å²) in [6, 6.07) is 3.91. The van der Waals surface area contributed by atoms with Gasteiger partial charge < -0.3 is 26.0 Å². The molecule has 1 aromatic rings. The molecule has 2 fully saturated rings. The largest absolute Gasteiger partial charge is 0.453 e. The maximum absolute atomic E-state index is 13.4. The molecule has 3 amide bonds. The first-order valence-corrected chi connectivity index (χ1v) is 10.5. The van der Waals surface area contributed by atoms with Crippen molar-refractivity contribution in [2.75, 3.05) is 18.2 Å². The molecule has 9 heteroatoms. The number of hydrogen-bond donors (Lipinski definition) is 3. The van der Waals surface area contributed by atoms with E-state index in [1.165, 1.54) is 7.11 Å². The average molecular weight is 467 g/mol. The minimum absolute atomic E-state index is 0.00575. The van der Waals surface area contributed by atoms with Crippen LogP contribution in [-0.4, -0.2) is 48.0 Å². The first-order chi connectivity index (χ1) is 13.7. The van der Waals surface area contributed by atoms with E-state index in [9.17, 15) is 14.4 Å². The lowest BCUT2D eigenvalue weighted by Gasteiger charge is -2.37. The normalized spacial score (nSPS) is 23.8. The molecule has 29 heavy (non-hydrogen) atoms. The molecule has 2 unspecified atom stereocenters. The van der Waals surface area contributed by atoms with Crippen LogP contribution in [0.4, 0.5) is 16.2 Å². The number of benzene rings is 1. The van der Waals surface area contributed by atoms with Gasteiger partial charge in [-0.15, -0.1) is 0 Å². The summed E-state index contributed by atoms with van der Waals surface area (Å²) in [7, 11) is 1.26. The Morgan fingerprint density at radius 3 is 2.62 bits per heavy atom. The third-order valence-corrected chi connectivity index (χ3v) is 6.26. The van der Waals surface area contributed by atoms with Crippen LogP contribution < -0.4 is 16.4 Å². The summed E-state index contributed by atoms with van der Waals surface area (Å²) in [6.45, 7) is 3.70. The van der Waals surface area contributed by atoms with Crippen molar-refractivity contribution in [1.82, 2.24) is 10.2 Å². The number of amides is 3. The number of piperidine rings is 1. The van der Waals surface area contributed by atoms with Crippen LogP contribution in [0.3, 0.4) is 0 Å². The molecule has 1 aliphatic heterocycles. The van der Waals surface area contributed by atoms with E-state index in [4.69, 9.17) is 5.73 Å². The van der Waals surface area contributed by atoms with Crippen molar-refractivity contribution in [2.45, 2.75) is 51.2 Å². The molecule has 1 aliphatic carbocycles. The molecule has 158 valence electrons. The Labute approximate surface area is 178 Å². The lowest BCUT2D eigenvalue weighted by Crippen LogP contribution is -2.58. The van der Waals surface area contributed by atoms with E-state index >= 15 is 0 Å². The highest BCUT2D eigenvalue weighted by Crippen LogP contribution is 2.43. The van der Waals surface area contributed by atoms with Gasteiger partial charge in [0.2, 0.25) is 11.8 Å². The number of carbonyl (C=O) groups is 3. The molecule has 8 nitrogen and oxygen atoms in total. The van der Waals surface area contributed by atoms with Crippen molar-refractivity contribution in [2.24, 2.45) is 11.8 Å². The van der Waals surface area contributed by atoms with Crippen molar-refractivity contribution in [1.29, 1.82) is 0 Å². The number of halogens is 1. The predicted octanol–water partition coefficient (Wildman–Crippen LogP) is 2.73. The van der Waals surface area contributed by atoms with Gasteiger partial charge in [0.1, 0.15) is 12.1 Å². The van der Waals surface area contributed by atoms with Crippen LogP contribution >= 0.6 is 15.9 Å². The number of rotatable bonds is 5. The molecule has 0 aromatic heterocycles. The molecule has 4 N–H and O–H groups in total. The van der Waals surface area contributed by atoms with Gasteiger partial charge in [-0.1, -0.05) is 29.8 Å². The number of nitrogens with two attached hydrogens (primary N) is 1. The summed E-state index contributed by atoms with van der Waals surface area (Å²) >= 11 is 3.35. The summed E-state index contributed by atoms with van der Waals surface area (Å²) in [6.07, 6.45) is 1.90. The highest BCUT2D eigenvalue weighted by Gasteiger charge is 2.52. The number of ether oxygens (including phenoxy) is 1. The number of nitrogens with zero attached hydrogens (tertiary/aromatic N) is 1. The Kier molecular flexibility index (Phi) is 6.36.